The molecule has 0 unspecified atom stereocenters. The van der Waals surface area contributed by atoms with Gasteiger partial charge >= 0.3 is 0 Å². The molecule has 30 heavy (non-hydrogen) atoms. The second kappa shape index (κ2) is 7.92. The molecule has 2 bridgehead atoms. The van der Waals surface area contributed by atoms with Crippen LogP contribution in [0.1, 0.15) is 31.4 Å². The minimum atomic E-state index is 0.390. The number of aryl methyl sites for hydroxylation is 1. The molecule has 3 fully saturated rings. The number of pyridine rings is 2. The Morgan fingerprint density at radius 2 is 2.23 bits per heavy atom. The van der Waals surface area contributed by atoms with Gasteiger partial charge in [0.1, 0.15) is 11.6 Å². The lowest BCUT2D eigenvalue weighted by Crippen LogP contribution is -2.56. The van der Waals surface area contributed by atoms with Crippen molar-refractivity contribution in [3.05, 3.63) is 36.2 Å². The molecule has 2 saturated heterocycles. The largest absolute Gasteiger partial charge is 0.366 e. The number of piperidine rings is 2. The molecule has 8 heteroatoms. The lowest BCUT2D eigenvalue weighted by Gasteiger charge is -2.49. The standard InChI is InChI=1S/C22H26N8/c1-14-10-21(29-28-14)26-20-12-19-17(4-2-8-24-19)22(27-20)25-18-11-16-6-5-15(18)13-30(16)9-3-7-23/h2,4,8,10,12,15-16,18H,3,5-6,9,11,13H2,1H3,(H3,25,26,27,28,29)/t15-,16-,18-/m0/s1. The first-order chi connectivity index (χ1) is 14.7. The zero-order chi connectivity index (χ0) is 20.5. The van der Waals surface area contributed by atoms with Gasteiger partial charge in [-0.15, -0.1) is 0 Å². The van der Waals surface area contributed by atoms with Crippen LogP contribution in [0.5, 0.6) is 0 Å². The van der Waals surface area contributed by atoms with Crippen LogP contribution in [0.2, 0.25) is 0 Å². The van der Waals surface area contributed by atoms with Crippen molar-refractivity contribution < 1.29 is 0 Å². The highest BCUT2D eigenvalue weighted by molar-refractivity contribution is 5.91. The van der Waals surface area contributed by atoms with Crippen molar-refractivity contribution in [1.82, 2.24) is 25.1 Å². The van der Waals surface area contributed by atoms with Crippen molar-refractivity contribution in [2.45, 2.75) is 44.7 Å². The second-order valence-corrected chi connectivity index (χ2v) is 8.37. The van der Waals surface area contributed by atoms with Gasteiger partial charge in [0.25, 0.3) is 0 Å². The van der Waals surface area contributed by atoms with E-state index in [4.69, 9.17) is 10.2 Å². The molecule has 0 aromatic carbocycles. The number of nitrogens with one attached hydrogen (secondary N) is 3. The molecule has 1 saturated carbocycles. The SMILES string of the molecule is Cc1cc(Nc2cc3ncccc3c(N[C@H]3C[C@@H]4CC[C@H]3CN4CCC#N)n2)n[nH]1. The third-order valence-corrected chi connectivity index (χ3v) is 6.35. The Morgan fingerprint density at radius 1 is 1.30 bits per heavy atom. The molecule has 3 aromatic rings. The molecular formula is C22H26N8. The van der Waals surface area contributed by atoms with E-state index in [9.17, 15) is 0 Å². The number of rotatable bonds is 6. The maximum Gasteiger partial charge on any atom is 0.153 e. The summed E-state index contributed by atoms with van der Waals surface area (Å²) in [5, 5.41) is 24.2. The number of anilines is 3. The average Bonchev–Trinajstić information content (AvgIpc) is 3.17. The van der Waals surface area contributed by atoms with E-state index < -0.39 is 0 Å². The monoisotopic (exact) mass is 402 g/mol. The highest BCUT2D eigenvalue weighted by Gasteiger charge is 2.40. The molecule has 3 atom stereocenters. The Morgan fingerprint density at radius 3 is 3.00 bits per heavy atom. The van der Waals surface area contributed by atoms with E-state index in [2.05, 4.69) is 42.9 Å². The zero-order valence-electron chi connectivity index (χ0n) is 17.1. The van der Waals surface area contributed by atoms with Crippen LogP contribution in [0.3, 0.4) is 0 Å². The third kappa shape index (κ3) is 3.68. The number of nitriles is 1. The van der Waals surface area contributed by atoms with Gasteiger partial charge in [-0.3, -0.25) is 15.0 Å². The summed E-state index contributed by atoms with van der Waals surface area (Å²) in [6.45, 7) is 3.92. The van der Waals surface area contributed by atoms with Gasteiger partial charge in [-0.05, 0) is 44.2 Å². The number of aromatic nitrogens is 4. The topological polar surface area (TPSA) is 106 Å². The Labute approximate surface area is 175 Å². The number of fused-ring (bicyclic) bond motifs is 4. The Kier molecular flexibility index (Phi) is 4.97. The molecule has 3 aromatic heterocycles. The molecule has 8 nitrogen and oxygen atoms in total. The van der Waals surface area contributed by atoms with Crippen molar-refractivity contribution in [2.24, 2.45) is 5.92 Å². The highest BCUT2D eigenvalue weighted by atomic mass is 15.2. The van der Waals surface area contributed by atoms with E-state index in [0.29, 0.717) is 24.4 Å². The molecule has 6 rings (SSSR count). The maximum absolute atomic E-state index is 8.93. The molecule has 3 aliphatic rings. The minimum absolute atomic E-state index is 0.390. The smallest absolute Gasteiger partial charge is 0.153 e. The molecule has 154 valence electrons. The lowest BCUT2D eigenvalue weighted by atomic mass is 9.76. The van der Waals surface area contributed by atoms with Gasteiger partial charge in [0, 0.05) is 61.0 Å². The number of H-pyrrole nitrogens is 1. The molecule has 0 spiro atoms. The maximum atomic E-state index is 8.93. The van der Waals surface area contributed by atoms with E-state index in [1.54, 1.807) is 0 Å². The van der Waals surface area contributed by atoms with Crippen molar-refractivity contribution in [2.75, 3.05) is 23.7 Å². The van der Waals surface area contributed by atoms with Gasteiger partial charge in [-0.2, -0.15) is 10.4 Å². The van der Waals surface area contributed by atoms with E-state index in [0.717, 1.165) is 53.6 Å². The third-order valence-electron chi connectivity index (χ3n) is 6.35. The average molecular weight is 403 g/mol. The Bertz CT molecular complexity index is 1080. The van der Waals surface area contributed by atoms with Crippen LogP contribution in [-0.4, -0.2) is 50.2 Å². The Balaban J connectivity index is 1.39. The first-order valence-corrected chi connectivity index (χ1v) is 10.6. The fraction of sp³-hybridized carbons (Fsp3) is 0.455. The molecule has 2 aliphatic heterocycles. The van der Waals surface area contributed by atoms with Crippen LogP contribution in [0, 0.1) is 24.2 Å². The van der Waals surface area contributed by atoms with Gasteiger partial charge < -0.3 is 10.6 Å². The van der Waals surface area contributed by atoms with Crippen LogP contribution < -0.4 is 10.6 Å². The van der Waals surface area contributed by atoms with Crippen LogP contribution in [0.25, 0.3) is 10.9 Å². The predicted octanol–water partition coefficient (Wildman–Crippen LogP) is 3.58. The molecule has 0 radical (unpaired) electrons. The minimum Gasteiger partial charge on any atom is -0.366 e. The molecule has 0 amide bonds. The highest BCUT2D eigenvalue weighted by Crippen LogP contribution is 2.37. The first-order valence-electron chi connectivity index (χ1n) is 10.6. The summed E-state index contributed by atoms with van der Waals surface area (Å²) in [5.41, 5.74) is 1.90. The summed E-state index contributed by atoms with van der Waals surface area (Å²) in [6.07, 6.45) is 5.97. The van der Waals surface area contributed by atoms with Crippen molar-refractivity contribution in [1.29, 1.82) is 5.26 Å². The van der Waals surface area contributed by atoms with Gasteiger partial charge in [0.2, 0.25) is 0 Å². The number of nitrogens with zero attached hydrogens (tertiary/aromatic N) is 5. The summed E-state index contributed by atoms with van der Waals surface area (Å²) in [4.78, 5) is 11.9. The van der Waals surface area contributed by atoms with Crippen molar-refractivity contribution in [3.8, 4) is 6.07 Å². The van der Waals surface area contributed by atoms with Crippen LogP contribution in [-0.2, 0) is 0 Å². The van der Waals surface area contributed by atoms with Crippen LogP contribution >= 0.6 is 0 Å². The molecule has 5 heterocycles. The molecule has 3 N–H and O–H groups in total. The number of aromatic amines is 1. The van der Waals surface area contributed by atoms with Crippen LogP contribution in [0.15, 0.2) is 30.5 Å². The summed E-state index contributed by atoms with van der Waals surface area (Å²) < 4.78 is 0. The summed E-state index contributed by atoms with van der Waals surface area (Å²) in [7, 11) is 0. The van der Waals surface area contributed by atoms with Gasteiger partial charge in [0.05, 0.1) is 11.6 Å². The molecule has 1 aliphatic carbocycles. The predicted molar refractivity (Wildman–Crippen MR) is 116 cm³/mol. The van der Waals surface area contributed by atoms with Gasteiger partial charge in [-0.25, -0.2) is 4.98 Å². The van der Waals surface area contributed by atoms with Crippen molar-refractivity contribution in [3.63, 3.8) is 0 Å². The number of hydrogen-bond donors (Lipinski definition) is 3. The zero-order valence-corrected chi connectivity index (χ0v) is 17.1. The second-order valence-electron chi connectivity index (χ2n) is 8.37. The fourth-order valence-corrected chi connectivity index (χ4v) is 4.89. The van der Waals surface area contributed by atoms with E-state index >= 15 is 0 Å². The number of hydrogen-bond acceptors (Lipinski definition) is 7. The Hall–Kier alpha value is -3.18. The quantitative estimate of drug-likeness (QED) is 0.579. The fourth-order valence-electron chi connectivity index (χ4n) is 4.89. The van der Waals surface area contributed by atoms with Crippen molar-refractivity contribution >= 4 is 28.4 Å². The summed E-state index contributed by atoms with van der Waals surface area (Å²) in [5.74, 6) is 2.92. The normalized spacial score (nSPS) is 23.4. The van der Waals surface area contributed by atoms with E-state index in [1.165, 1.54) is 12.8 Å². The van der Waals surface area contributed by atoms with E-state index in [-0.39, 0.29) is 0 Å². The molecular weight excluding hydrogens is 376 g/mol. The van der Waals surface area contributed by atoms with Gasteiger partial charge in [-0.1, -0.05) is 0 Å². The van der Waals surface area contributed by atoms with Crippen LogP contribution in [0.4, 0.5) is 17.5 Å². The summed E-state index contributed by atoms with van der Waals surface area (Å²) >= 11 is 0. The summed E-state index contributed by atoms with van der Waals surface area (Å²) in [6, 6.07) is 11.2. The van der Waals surface area contributed by atoms with Gasteiger partial charge in [0.15, 0.2) is 5.82 Å². The van der Waals surface area contributed by atoms with E-state index in [1.807, 2.05) is 31.3 Å². The lowest BCUT2D eigenvalue weighted by molar-refractivity contribution is 0.0415. The first kappa shape index (κ1) is 18.8.